The molecule has 7 aliphatic carbocycles. The molecule has 60 heavy (non-hydrogen) atoms. The number of benzene rings is 1. The summed E-state index contributed by atoms with van der Waals surface area (Å²) in [5.41, 5.74) is 2.67. The van der Waals surface area contributed by atoms with Gasteiger partial charge in [0.05, 0.1) is 17.4 Å². The van der Waals surface area contributed by atoms with Gasteiger partial charge in [0.25, 0.3) is 5.91 Å². The van der Waals surface area contributed by atoms with Gasteiger partial charge in [0.1, 0.15) is 23.2 Å². The summed E-state index contributed by atoms with van der Waals surface area (Å²) in [7, 11) is 0. The molecule has 0 aromatic heterocycles. The molecule has 1 aromatic carbocycles. The minimum absolute atomic E-state index is 0.0632. The van der Waals surface area contributed by atoms with Crippen molar-refractivity contribution in [2.24, 2.45) is 63.9 Å². The van der Waals surface area contributed by atoms with Gasteiger partial charge in [0.2, 0.25) is 5.78 Å². The first-order valence-corrected chi connectivity index (χ1v) is 22.4. The van der Waals surface area contributed by atoms with Gasteiger partial charge in [-0.1, -0.05) is 78.5 Å². The van der Waals surface area contributed by atoms with E-state index in [1.807, 2.05) is 0 Å². The van der Waals surface area contributed by atoms with Gasteiger partial charge in [0, 0.05) is 30.3 Å². The van der Waals surface area contributed by atoms with Crippen molar-refractivity contribution in [3.8, 4) is 5.75 Å². The molecule has 13 atom stereocenters. The van der Waals surface area contributed by atoms with Gasteiger partial charge in [-0.2, -0.15) is 0 Å². The Labute approximate surface area is 352 Å². The maximum absolute atomic E-state index is 14.2. The predicted molar refractivity (Wildman–Crippen MR) is 224 cm³/mol. The van der Waals surface area contributed by atoms with E-state index in [1.165, 1.54) is 62.7 Å². The Kier molecular flexibility index (Phi) is 10.7. The van der Waals surface area contributed by atoms with Crippen molar-refractivity contribution >= 4 is 29.3 Å². The van der Waals surface area contributed by atoms with Gasteiger partial charge < -0.3 is 36.0 Å². The minimum atomic E-state index is -2.93. The first-order chi connectivity index (χ1) is 28.2. The zero-order valence-corrected chi connectivity index (χ0v) is 35.9. The largest absolute Gasteiger partial charge is 0.511 e. The number of aromatic hydroxyl groups is 1. The van der Waals surface area contributed by atoms with Crippen LogP contribution in [0.1, 0.15) is 140 Å². The number of allylic oxidation sites excluding steroid dienone is 2. The number of phenolic OH excluding ortho intramolecular Hbond substituents is 1. The molecular formula is C48H64N2O10. The molecule has 0 radical (unpaired) electrons. The monoisotopic (exact) mass is 828 g/mol. The number of hydrogen-bond donors (Lipinski definition) is 7. The molecule has 7 aliphatic rings. The number of amides is 2. The summed E-state index contributed by atoms with van der Waals surface area (Å²) < 4.78 is 5.98. The van der Waals surface area contributed by atoms with Gasteiger partial charge in [-0.05, 0) is 109 Å². The number of carbonyl (C=O) groups excluding carboxylic acids is 4. The lowest BCUT2D eigenvalue weighted by Crippen LogP contribution is -2.62. The number of nitrogens with two attached hydrogens (primary N) is 1. The van der Waals surface area contributed by atoms with Crippen LogP contribution in [-0.4, -0.2) is 66.9 Å². The number of fused-ring (bicyclic) bond motifs is 8. The number of anilines is 1. The molecule has 8 N–H and O–H groups in total. The highest BCUT2D eigenvalue weighted by molar-refractivity contribution is 6.24. The van der Waals surface area contributed by atoms with Gasteiger partial charge >= 0.3 is 6.09 Å². The molecule has 2 amide bonds. The van der Waals surface area contributed by atoms with E-state index >= 15 is 0 Å². The molecule has 3 saturated carbocycles. The molecule has 326 valence electrons. The van der Waals surface area contributed by atoms with E-state index in [0.29, 0.717) is 35.7 Å². The second kappa shape index (κ2) is 15.0. The van der Waals surface area contributed by atoms with Crippen LogP contribution in [0.25, 0.3) is 0 Å². The Morgan fingerprint density at radius 3 is 2.40 bits per heavy atom. The first-order valence-electron chi connectivity index (χ1n) is 22.4. The van der Waals surface area contributed by atoms with E-state index in [0.717, 1.165) is 36.5 Å². The standard InChI is InChI=1S/C48H64N2O10/c1-22(2)8-7-9-23(3)29-13-14-30-28-11-10-25-20-26(16-18-46(25,5)31(28)17-19-47(29,30)6)60-45(58)50-33-15-12-27-24(4)35-38(41(54)36(27)40(33)53)43(56)48(59)32(39(35)52)21-34(51)37(42(48)55)44(49)57/h10,12,15,22-24,26,28-32,35,39,51-53,56,59H,7-9,11,13-14,16-21H2,1-6H3,(H2,49,57)(H,50,58)/t23-,24+,26?,28?,29-,30?,31?,32-,35-,39-,46+,47-,48-/m1/s1. The lowest BCUT2D eigenvalue weighted by atomic mass is 9.47. The van der Waals surface area contributed by atoms with Gasteiger partial charge in [-0.3, -0.25) is 19.7 Å². The number of hydrogen-bond acceptors (Lipinski definition) is 10. The number of ether oxygens (including phenoxy) is 1. The Bertz CT molecular complexity index is 2100. The first kappa shape index (κ1) is 42.5. The highest BCUT2D eigenvalue weighted by atomic mass is 16.6. The van der Waals surface area contributed by atoms with Crippen LogP contribution in [0.3, 0.4) is 0 Å². The zero-order valence-electron chi connectivity index (χ0n) is 35.9. The third-order valence-corrected chi connectivity index (χ3v) is 17.3. The van der Waals surface area contributed by atoms with Crippen molar-refractivity contribution < 1.29 is 49.4 Å². The van der Waals surface area contributed by atoms with E-state index < -0.39 is 87.9 Å². The molecule has 0 spiro atoms. The van der Waals surface area contributed by atoms with Gasteiger partial charge in [-0.25, -0.2) is 4.79 Å². The number of rotatable bonds is 8. The average Bonchev–Trinajstić information content (AvgIpc) is 3.54. The van der Waals surface area contributed by atoms with Crippen molar-refractivity contribution in [3.05, 3.63) is 57.6 Å². The van der Waals surface area contributed by atoms with E-state index in [4.69, 9.17) is 10.5 Å². The molecule has 0 bridgehead atoms. The van der Waals surface area contributed by atoms with Crippen molar-refractivity contribution in [1.82, 2.24) is 0 Å². The molecule has 3 fully saturated rings. The van der Waals surface area contributed by atoms with Crippen LogP contribution in [0.4, 0.5) is 10.5 Å². The molecule has 0 saturated heterocycles. The van der Waals surface area contributed by atoms with Crippen LogP contribution in [-0.2, 0) is 14.3 Å². The van der Waals surface area contributed by atoms with Crippen molar-refractivity contribution in [3.63, 3.8) is 0 Å². The van der Waals surface area contributed by atoms with Crippen LogP contribution in [0.15, 0.2) is 46.4 Å². The maximum Gasteiger partial charge on any atom is 0.412 e. The summed E-state index contributed by atoms with van der Waals surface area (Å²) in [6, 6.07) is 2.98. The number of nitrogens with one attached hydrogen (secondary N) is 1. The van der Waals surface area contributed by atoms with Crippen LogP contribution in [0.5, 0.6) is 5.75 Å². The quantitative estimate of drug-likeness (QED) is 0.0760. The van der Waals surface area contributed by atoms with E-state index in [2.05, 4.69) is 46.0 Å². The Hall–Kier alpha value is -4.16. The highest BCUT2D eigenvalue weighted by Gasteiger charge is 2.64. The van der Waals surface area contributed by atoms with Crippen LogP contribution < -0.4 is 11.1 Å². The second-order valence-electron chi connectivity index (χ2n) is 20.6. The molecule has 0 heterocycles. The average molecular weight is 829 g/mol. The Morgan fingerprint density at radius 1 is 0.967 bits per heavy atom. The SMILES string of the molecule is CC(C)CCC[C@@H](C)[C@H]1CCC2C3CC=C4CC(OC(=O)Nc5ccc6c(c5O)C(=O)C5=C(O)[C@]7(O)C(=O)C(C(N)=O)=C(O)C[C@@H]7[C@@H](O)[C@@H]5[C@H]6C)CC[C@]4(C)C3CC[C@@]21C. The smallest absolute Gasteiger partial charge is 0.412 e. The lowest BCUT2D eigenvalue weighted by Gasteiger charge is -2.58. The highest BCUT2D eigenvalue weighted by Crippen LogP contribution is 2.67. The fourth-order valence-corrected chi connectivity index (χ4v) is 14.1. The maximum atomic E-state index is 14.2. The Balaban J connectivity index is 0.961. The fourth-order valence-electron chi connectivity index (χ4n) is 14.1. The van der Waals surface area contributed by atoms with Crippen LogP contribution in [0.2, 0.25) is 0 Å². The summed E-state index contributed by atoms with van der Waals surface area (Å²) in [5.74, 6) is -5.19. The Morgan fingerprint density at radius 2 is 1.70 bits per heavy atom. The lowest BCUT2D eigenvalue weighted by molar-refractivity contribution is -0.154. The zero-order chi connectivity index (χ0) is 43.4. The van der Waals surface area contributed by atoms with Crippen molar-refractivity contribution in [2.75, 3.05) is 5.32 Å². The normalized spacial score (nSPS) is 38.8. The number of aliphatic hydroxyl groups is 4. The summed E-state index contributed by atoms with van der Waals surface area (Å²) in [6.45, 7) is 13.8. The van der Waals surface area contributed by atoms with Crippen molar-refractivity contribution in [1.29, 1.82) is 0 Å². The number of ketones is 2. The summed E-state index contributed by atoms with van der Waals surface area (Å²) in [5, 5.41) is 59.2. The number of Topliss-reactive ketones (excluding diaryl/α,β-unsaturated/α-hetero) is 2. The molecule has 12 nitrogen and oxygen atoms in total. The van der Waals surface area contributed by atoms with E-state index in [9.17, 15) is 44.7 Å². The minimum Gasteiger partial charge on any atom is -0.511 e. The molecule has 12 heteroatoms. The summed E-state index contributed by atoms with van der Waals surface area (Å²) in [6.07, 6.45) is 11.6. The third-order valence-electron chi connectivity index (χ3n) is 17.3. The molecule has 0 aliphatic heterocycles. The van der Waals surface area contributed by atoms with Gasteiger partial charge in [0.15, 0.2) is 17.1 Å². The third kappa shape index (κ3) is 6.27. The van der Waals surface area contributed by atoms with E-state index in [1.54, 1.807) is 6.92 Å². The molecule has 1 aromatic rings. The topological polar surface area (TPSA) is 217 Å². The summed E-state index contributed by atoms with van der Waals surface area (Å²) >= 11 is 0. The van der Waals surface area contributed by atoms with Crippen molar-refractivity contribution in [2.45, 2.75) is 142 Å². The predicted octanol–water partition coefficient (Wildman–Crippen LogP) is 8.07. The van der Waals surface area contributed by atoms with Crippen LogP contribution in [0, 0.1) is 58.2 Å². The van der Waals surface area contributed by atoms with Crippen LogP contribution >= 0.6 is 0 Å². The molecular weight excluding hydrogens is 765 g/mol. The fraction of sp³-hybridized carbons (Fsp3) is 0.667. The molecule has 8 rings (SSSR count). The second-order valence-corrected chi connectivity index (χ2v) is 20.6. The summed E-state index contributed by atoms with van der Waals surface area (Å²) in [4.78, 5) is 53.1. The van der Waals surface area contributed by atoms with Gasteiger partial charge in [-0.15, -0.1) is 0 Å². The number of phenols is 1. The number of primary amides is 1. The van der Waals surface area contributed by atoms with E-state index in [-0.39, 0.29) is 22.8 Å². The molecule has 4 unspecified atom stereocenters. The number of carbonyl (C=O) groups is 4. The number of aliphatic hydroxyl groups excluding tert-OH is 3.